The number of thioether (sulfide) groups is 1. The minimum Gasteiger partial charge on any atom is -0.304 e. The second kappa shape index (κ2) is 7.45. The Morgan fingerprint density at radius 1 is 1.17 bits per heavy atom. The molecule has 3 amide bonds. The van der Waals surface area contributed by atoms with Gasteiger partial charge in [0.2, 0.25) is 16.7 Å². The van der Waals surface area contributed by atoms with E-state index in [-0.39, 0.29) is 23.5 Å². The molecule has 2 aliphatic rings. The van der Waals surface area contributed by atoms with Crippen molar-refractivity contribution in [2.75, 3.05) is 4.90 Å². The van der Waals surface area contributed by atoms with Crippen LogP contribution in [0.3, 0.4) is 0 Å². The highest BCUT2D eigenvalue weighted by Crippen LogP contribution is 2.55. The zero-order chi connectivity index (χ0) is 21.6. The number of nitrogens with one attached hydrogen (secondary N) is 1. The van der Waals surface area contributed by atoms with E-state index in [0.717, 1.165) is 33.6 Å². The van der Waals surface area contributed by atoms with Crippen LogP contribution in [0.4, 0.5) is 5.69 Å². The predicted molar refractivity (Wildman–Crippen MR) is 117 cm³/mol. The van der Waals surface area contributed by atoms with Crippen molar-refractivity contribution in [2.24, 2.45) is 5.10 Å². The molecule has 0 bridgehead atoms. The zero-order valence-electron chi connectivity index (χ0n) is 16.6. The lowest BCUT2D eigenvalue weighted by Gasteiger charge is -2.29. The Hall–Kier alpha value is -2.84. The third-order valence-corrected chi connectivity index (χ3v) is 6.62. The monoisotopic (exact) mass is 442 g/mol. The minimum atomic E-state index is -1.41. The number of rotatable bonds is 2. The van der Waals surface area contributed by atoms with Gasteiger partial charge in [0.15, 0.2) is 5.17 Å². The molecule has 0 aliphatic carbocycles. The normalized spacial score (nSPS) is 19.9. The number of amidine groups is 1. The van der Waals surface area contributed by atoms with Crippen LogP contribution in [0.5, 0.6) is 0 Å². The fourth-order valence-electron chi connectivity index (χ4n) is 3.80. The van der Waals surface area contributed by atoms with Crippen molar-refractivity contribution in [3.8, 4) is 0 Å². The number of hydrazone groups is 1. The van der Waals surface area contributed by atoms with E-state index in [1.807, 2.05) is 43.3 Å². The highest BCUT2D eigenvalue weighted by atomic mass is 35.5. The van der Waals surface area contributed by atoms with Crippen molar-refractivity contribution in [3.63, 3.8) is 0 Å². The summed E-state index contributed by atoms with van der Waals surface area (Å²) in [6, 6.07) is 12.9. The van der Waals surface area contributed by atoms with Crippen LogP contribution in [0, 0.1) is 6.92 Å². The number of carbonyl (C=O) groups excluding carboxylic acids is 3. The van der Waals surface area contributed by atoms with Crippen molar-refractivity contribution < 1.29 is 14.4 Å². The van der Waals surface area contributed by atoms with Crippen LogP contribution in [0.15, 0.2) is 47.6 Å². The van der Waals surface area contributed by atoms with Gasteiger partial charge in [-0.25, -0.2) is 0 Å². The van der Waals surface area contributed by atoms with Crippen LogP contribution < -0.4 is 10.2 Å². The van der Waals surface area contributed by atoms with E-state index in [1.165, 1.54) is 13.8 Å². The molecule has 2 heterocycles. The number of aryl methyl sites for hydroxylation is 1. The van der Waals surface area contributed by atoms with Gasteiger partial charge in [0.05, 0.1) is 12.2 Å². The van der Waals surface area contributed by atoms with Crippen LogP contribution in [0.1, 0.15) is 30.5 Å². The van der Waals surface area contributed by atoms with Gasteiger partial charge >= 0.3 is 0 Å². The van der Waals surface area contributed by atoms with Crippen molar-refractivity contribution in [1.29, 1.82) is 0 Å². The SMILES string of the molecule is CC(=O)NC1=NN(C(C)=O)C2(S1)C(=O)N(Cc1ccccc1Cl)c1c(C)cccc12. The Morgan fingerprint density at radius 2 is 1.90 bits per heavy atom. The van der Waals surface area contributed by atoms with E-state index in [4.69, 9.17) is 11.6 Å². The first kappa shape index (κ1) is 20.4. The molecule has 1 atom stereocenters. The second-order valence-corrected chi connectivity index (χ2v) is 8.71. The number of hydrogen-bond acceptors (Lipinski definition) is 5. The van der Waals surface area contributed by atoms with Gasteiger partial charge in [0.1, 0.15) is 0 Å². The summed E-state index contributed by atoms with van der Waals surface area (Å²) in [7, 11) is 0. The van der Waals surface area contributed by atoms with E-state index < -0.39 is 10.8 Å². The number of para-hydroxylation sites is 1. The van der Waals surface area contributed by atoms with Gasteiger partial charge < -0.3 is 10.2 Å². The molecule has 2 aromatic carbocycles. The van der Waals surface area contributed by atoms with E-state index in [2.05, 4.69) is 10.4 Å². The number of carbonyl (C=O) groups is 3. The summed E-state index contributed by atoms with van der Waals surface area (Å²) >= 11 is 7.41. The highest BCUT2D eigenvalue weighted by Gasteiger charge is 2.61. The molecule has 7 nitrogen and oxygen atoms in total. The highest BCUT2D eigenvalue weighted by molar-refractivity contribution is 8.15. The second-order valence-electron chi connectivity index (χ2n) is 7.12. The molecule has 1 N–H and O–H groups in total. The summed E-state index contributed by atoms with van der Waals surface area (Å²) in [6.45, 7) is 4.87. The summed E-state index contributed by atoms with van der Waals surface area (Å²) in [4.78, 5) is 38.2. The number of anilines is 1. The number of amides is 3. The van der Waals surface area contributed by atoms with Crippen molar-refractivity contribution in [1.82, 2.24) is 10.3 Å². The third-order valence-electron chi connectivity index (χ3n) is 5.01. The Kier molecular flexibility index (Phi) is 5.07. The lowest BCUT2D eigenvalue weighted by molar-refractivity contribution is -0.139. The van der Waals surface area contributed by atoms with E-state index in [9.17, 15) is 14.4 Å². The van der Waals surface area contributed by atoms with Crippen molar-refractivity contribution in [2.45, 2.75) is 32.2 Å². The molecular formula is C21H19ClN4O3S. The maximum Gasteiger partial charge on any atom is 0.271 e. The Balaban J connectivity index is 1.86. The first-order valence-corrected chi connectivity index (χ1v) is 10.5. The molecule has 0 radical (unpaired) electrons. The van der Waals surface area contributed by atoms with E-state index in [1.54, 1.807) is 11.0 Å². The van der Waals surface area contributed by atoms with Gasteiger partial charge in [-0.1, -0.05) is 48.0 Å². The smallest absolute Gasteiger partial charge is 0.271 e. The minimum absolute atomic E-state index is 0.207. The van der Waals surface area contributed by atoms with Gasteiger partial charge in [0, 0.05) is 24.4 Å². The molecule has 0 saturated heterocycles. The molecule has 2 aliphatic heterocycles. The Labute approximate surface area is 183 Å². The summed E-state index contributed by atoms with van der Waals surface area (Å²) < 4.78 is 0. The molecule has 4 rings (SSSR count). The number of fused-ring (bicyclic) bond motifs is 2. The molecule has 0 saturated carbocycles. The van der Waals surface area contributed by atoms with Crippen LogP contribution in [-0.4, -0.2) is 27.9 Å². The lowest BCUT2D eigenvalue weighted by atomic mass is 10.0. The van der Waals surface area contributed by atoms with Crippen LogP contribution in [0.2, 0.25) is 5.02 Å². The van der Waals surface area contributed by atoms with Crippen molar-refractivity contribution >= 4 is 51.9 Å². The van der Waals surface area contributed by atoms with Gasteiger partial charge in [-0.2, -0.15) is 5.01 Å². The number of halogens is 1. The quantitative estimate of drug-likeness (QED) is 0.773. The predicted octanol–water partition coefficient (Wildman–Crippen LogP) is 3.35. The van der Waals surface area contributed by atoms with E-state index >= 15 is 0 Å². The van der Waals surface area contributed by atoms with E-state index in [0.29, 0.717) is 10.6 Å². The average Bonchev–Trinajstić information content (AvgIpc) is 3.16. The summed E-state index contributed by atoms with van der Waals surface area (Å²) in [5.74, 6) is -1.04. The topological polar surface area (TPSA) is 82.1 Å². The van der Waals surface area contributed by atoms with Gasteiger partial charge in [0.25, 0.3) is 5.91 Å². The molecule has 1 unspecified atom stereocenters. The van der Waals surface area contributed by atoms with Crippen LogP contribution >= 0.6 is 23.4 Å². The molecule has 0 fully saturated rings. The summed E-state index contributed by atoms with van der Waals surface area (Å²) in [6.07, 6.45) is 0. The Morgan fingerprint density at radius 3 is 2.57 bits per heavy atom. The van der Waals surface area contributed by atoms with Crippen LogP contribution in [-0.2, 0) is 25.8 Å². The lowest BCUT2D eigenvalue weighted by Crippen LogP contribution is -2.48. The Bertz CT molecular complexity index is 1120. The molecule has 1 spiro atoms. The number of hydrogen-bond donors (Lipinski definition) is 1. The average molecular weight is 443 g/mol. The first-order chi connectivity index (χ1) is 14.3. The summed E-state index contributed by atoms with van der Waals surface area (Å²) in [5, 5.41) is 8.79. The molecule has 9 heteroatoms. The standard InChI is InChI=1S/C21H19ClN4O3S/c1-12-7-6-9-16-18(12)25(11-15-8-4-5-10-17(15)22)19(29)21(16)26(14(3)28)24-20(30-21)23-13(2)27/h4-10H,11H2,1-3H3,(H,23,24,27). The first-order valence-electron chi connectivity index (χ1n) is 9.27. The maximum absolute atomic E-state index is 13.9. The maximum atomic E-state index is 13.9. The molecular weight excluding hydrogens is 424 g/mol. The molecule has 2 aromatic rings. The zero-order valence-corrected chi connectivity index (χ0v) is 18.2. The van der Waals surface area contributed by atoms with Crippen LogP contribution in [0.25, 0.3) is 0 Å². The molecule has 0 aromatic heterocycles. The largest absolute Gasteiger partial charge is 0.304 e. The number of benzene rings is 2. The van der Waals surface area contributed by atoms with Crippen molar-refractivity contribution in [3.05, 3.63) is 64.2 Å². The van der Waals surface area contributed by atoms with Gasteiger partial charge in [-0.3, -0.25) is 14.4 Å². The third kappa shape index (κ3) is 3.07. The molecule has 30 heavy (non-hydrogen) atoms. The summed E-state index contributed by atoms with van der Waals surface area (Å²) in [5.41, 5.74) is 3.06. The van der Waals surface area contributed by atoms with Gasteiger partial charge in [-0.05, 0) is 35.9 Å². The van der Waals surface area contributed by atoms with Gasteiger partial charge in [-0.15, -0.1) is 5.10 Å². The fourth-order valence-corrected chi connectivity index (χ4v) is 5.32. The number of nitrogens with zero attached hydrogens (tertiary/aromatic N) is 3. The fraction of sp³-hybridized carbons (Fsp3) is 0.238. The molecule has 154 valence electrons.